The van der Waals surface area contributed by atoms with Crippen molar-refractivity contribution in [2.45, 2.75) is 6.67 Å². The van der Waals surface area contributed by atoms with E-state index < -0.39 is 0 Å². The third kappa shape index (κ3) is 2.11. The van der Waals surface area contributed by atoms with Crippen LogP contribution in [-0.2, 0) is 6.67 Å². The van der Waals surface area contributed by atoms with Gasteiger partial charge in [0.25, 0.3) is 0 Å². The number of rotatable bonds is 0. The van der Waals surface area contributed by atoms with Gasteiger partial charge in [0, 0.05) is 23.8 Å². The molecule has 0 unspecified atom stereocenters. The van der Waals surface area contributed by atoms with Crippen molar-refractivity contribution in [3.63, 3.8) is 0 Å². The first-order valence-corrected chi connectivity index (χ1v) is 10.4. The van der Waals surface area contributed by atoms with Gasteiger partial charge in [0.15, 0.2) is 0 Å². The summed E-state index contributed by atoms with van der Waals surface area (Å²) in [6.07, 6.45) is 6.82. The molecule has 0 saturated heterocycles. The second-order valence-electron chi connectivity index (χ2n) is 8.10. The van der Waals surface area contributed by atoms with Gasteiger partial charge in [-0.3, -0.25) is 4.90 Å². The van der Waals surface area contributed by atoms with E-state index in [1.165, 1.54) is 55.1 Å². The highest BCUT2D eigenvalue weighted by molar-refractivity contribution is 6.05. The number of benzene rings is 4. The molecule has 1 aromatic heterocycles. The second-order valence-corrected chi connectivity index (χ2v) is 8.10. The number of allylic oxidation sites excluding steroid dienone is 1. The summed E-state index contributed by atoms with van der Waals surface area (Å²) in [4.78, 5) is 2.43. The molecule has 2 heteroatoms. The lowest BCUT2D eigenvalue weighted by molar-refractivity contribution is -0.672. The summed E-state index contributed by atoms with van der Waals surface area (Å²) in [5.74, 6) is 0. The highest BCUT2D eigenvalue weighted by atomic mass is 15.3. The van der Waals surface area contributed by atoms with Gasteiger partial charge in [-0.05, 0) is 45.8 Å². The van der Waals surface area contributed by atoms with Crippen molar-refractivity contribution in [1.29, 1.82) is 0 Å². The van der Waals surface area contributed by atoms with Gasteiger partial charge in [0.05, 0.1) is 16.8 Å². The van der Waals surface area contributed by atoms with Gasteiger partial charge in [-0.2, -0.15) is 4.57 Å². The third-order valence-electron chi connectivity index (χ3n) is 6.52. The van der Waals surface area contributed by atoms with E-state index in [2.05, 4.69) is 113 Å². The van der Waals surface area contributed by atoms with E-state index in [9.17, 15) is 0 Å². The van der Waals surface area contributed by atoms with Crippen LogP contribution in [0.15, 0.2) is 96.7 Å². The van der Waals surface area contributed by atoms with Gasteiger partial charge >= 0.3 is 0 Å². The molecule has 0 bridgehead atoms. The molecule has 2 aliphatic rings. The van der Waals surface area contributed by atoms with E-state index in [1.807, 2.05) is 0 Å². The van der Waals surface area contributed by atoms with Crippen LogP contribution in [0, 0.1) is 0 Å². The Morgan fingerprint density at radius 1 is 0.633 bits per heavy atom. The number of fused-ring (bicyclic) bond motifs is 10. The summed E-state index contributed by atoms with van der Waals surface area (Å²) in [6.45, 7) is 0.812. The number of nitrogens with zero attached hydrogens (tertiary/aromatic N) is 2. The van der Waals surface area contributed by atoms with Crippen LogP contribution in [-0.4, -0.2) is 0 Å². The number of hydrogen-bond acceptors (Lipinski definition) is 1. The number of pyridine rings is 1. The van der Waals surface area contributed by atoms with Crippen LogP contribution in [0.1, 0.15) is 11.3 Å². The highest BCUT2D eigenvalue weighted by Crippen LogP contribution is 2.38. The van der Waals surface area contributed by atoms with Crippen LogP contribution >= 0.6 is 0 Å². The van der Waals surface area contributed by atoms with Crippen LogP contribution in [0.3, 0.4) is 0 Å². The van der Waals surface area contributed by atoms with E-state index >= 15 is 0 Å². The number of aromatic nitrogens is 1. The molecule has 0 N–H and O–H groups in total. The first-order valence-electron chi connectivity index (χ1n) is 10.4. The standard InChI is InChI=1S/C28H19N2/c1-3-7-23-19(5-1)9-15-27-25(23)13-11-21-17-22-12-14-26-24-8-4-2-6-20(24)10-16-28(26)30(22)18-29(21)27/h1-17H,18H2/q+1. The van der Waals surface area contributed by atoms with Crippen LogP contribution in [0.5, 0.6) is 0 Å². The molecular formula is C28H19N2+. The topological polar surface area (TPSA) is 7.12 Å². The van der Waals surface area contributed by atoms with Crippen molar-refractivity contribution >= 4 is 50.3 Å². The molecule has 0 fully saturated rings. The zero-order valence-corrected chi connectivity index (χ0v) is 16.4. The Labute approximate surface area is 174 Å². The van der Waals surface area contributed by atoms with Gasteiger partial charge in [0.2, 0.25) is 17.9 Å². The van der Waals surface area contributed by atoms with Gasteiger partial charge < -0.3 is 0 Å². The van der Waals surface area contributed by atoms with Gasteiger partial charge in [-0.25, -0.2) is 0 Å². The maximum absolute atomic E-state index is 2.43. The van der Waals surface area contributed by atoms with Crippen molar-refractivity contribution < 1.29 is 4.57 Å². The maximum Gasteiger partial charge on any atom is 0.229 e. The summed E-state index contributed by atoms with van der Waals surface area (Å²) in [7, 11) is 0. The summed E-state index contributed by atoms with van der Waals surface area (Å²) < 4.78 is 2.43. The maximum atomic E-state index is 2.43. The van der Waals surface area contributed by atoms with Gasteiger partial charge in [-0.15, -0.1) is 0 Å². The van der Waals surface area contributed by atoms with Gasteiger partial charge in [-0.1, -0.05) is 60.7 Å². The highest BCUT2D eigenvalue weighted by Gasteiger charge is 2.29. The number of anilines is 1. The van der Waals surface area contributed by atoms with Crippen molar-refractivity contribution in [3.05, 3.63) is 108 Å². The Balaban J connectivity index is 1.47. The molecule has 0 atom stereocenters. The van der Waals surface area contributed by atoms with Crippen LogP contribution in [0.2, 0.25) is 0 Å². The molecular weight excluding hydrogens is 364 g/mol. The minimum atomic E-state index is 0.812. The number of hydrogen-bond donors (Lipinski definition) is 0. The summed E-state index contributed by atoms with van der Waals surface area (Å²) in [6, 6.07) is 30.8. The van der Waals surface area contributed by atoms with Crippen molar-refractivity contribution in [3.8, 4) is 0 Å². The van der Waals surface area contributed by atoms with Crippen LogP contribution in [0.25, 0.3) is 44.6 Å². The molecule has 0 spiro atoms. The normalized spacial score (nSPS) is 14.5. The average molecular weight is 383 g/mol. The largest absolute Gasteiger partial charge is 0.285 e. The molecule has 2 nitrogen and oxygen atoms in total. The third-order valence-corrected chi connectivity index (χ3v) is 6.52. The monoisotopic (exact) mass is 383 g/mol. The van der Waals surface area contributed by atoms with E-state index in [-0.39, 0.29) is 0 Å². The Kier molecular flexibility index (Phi) is 3.09. The fourth-order valence-electron chi connectivity index (χ4n) is 5.05. The molecule has 0 radical (unpaired) electrons. The average Bonchev–Trinajstić information content (AvgIpc) is 2.82. The first-order chi connectivity index (χ1) is 14.9. The van der Waals surface area contributed by atoms with Crippen LogP contribution < -0.4 is 9.47 Å². The van der Waals surface area contributed by atoms with E-state index in [0.29, 0.717) is 0 Å². The van der Waals surface area contributed by atoms with Crippen molar-refractivity contribution in [2.24, 2.45) is 0 Å². The summed E-state index contributed by atoms with van der Waals surface area (Å²) >= 11 is 0. The lowest BCUT2D eigenvalue weighted by Crippen LogP contribution is -2.49. The Morgan fingerprint density at radius 2 is 1.40 bits per heavy atom. The van der Waals surface area contributed by atoms with Crippen molar-refractivity contribution in [1.82, 2.24) is 0 Å². The lowest BCUT2D eigenvalue weighted by Gasteiger charge is -2.31. The molecule has 0 amide bonds. The van der Waals surface area contributed by atoms with E-state index in [1.54, 1.807) is 0 Å². The molecule has 2 aliphatic heterocycles. The molecule has 0 saturated carbocycles. The van der Waals surface area contributed by atoms with Crippen molar-refractivity contribution in [2.75, 3.05) is 4.90 Å². The fourth-order valence-corrected chi connectivity index (χ4v) is 5.05. The summed E-state index contributed by atoms with van der Waals surface area (Å²) in [5.41, 5.74) is 6.35. The molecule has 5 aromatic rings. The molecule has 3 heterocycles. The predicted molar refractivity (Wildman–Crippen MR) is 125 cm³/mol. The fraction of sp³-hybridized carbons (Fsp3) is 0.0357. The second kappa shape index (κ2) is 5.80. The molecule has 30 heavy (non-hydrogen) atoms. The Hall–Kier alpha value is -3.91. The minimum Gasteiger partial charge on any atom is -0.285 e. The van der Waals surface area contributed by atoms with E-state index in [0.717, 1.165) is 6.67 Å². The molecule has 0 aliphatic carbocycles. The predicted octanol–water partition coefficient (Wildman–Crippen LogP) is 6.28. The molecule has 4 aromatic carbocycles. The van der Waals surface area contributed by atoms with Crippen LogP contribution in [0.4, 0.5) is 5.69 Å². The lowest BCUT2D eigenvalue weighted by atomic mass is 9.97. The summed E-state index contributed by atoms with van der Waals surface area (Å²) in [5, 5.41) is 6.50. The van der Waals surface area contributed by atoms with E-state index in [4.69, 9.17) is 0 Å². The zero-order chi connectivity index (χ0) is 19.7. The SMILES string of the molecule is C1=Cc2c(ccc3ccccc23)N2C[n+]3c(ccc4c5ccccc5ccc43)C=C12. The quantitative estimate of drug-likeness (QED) is 0.225. The van der Waals surface area contributed by atoms with Gasteiger partial charge in [0.1, 0.15) is 0 Å². The zero-order valence-electron chi connectivity index (χ0n) is 16.4. The molecule has 7 rings (SSSR count). The minimum absolute atomic E-state index is 0.812. The Morgan fingerprint density at radius 3 is 2.30 bits per heavy atom. The Bertz CT molecular complexity index is 1570. The smallest absolute Gasteiger partial charge is 0.229 e. The molecule has 140 valence electrons. The first kappa shape index (κ1) is 15.9.